The number of hydrogen-bond donors (Lipinski definition) is 1. The van der Waals surface area contributed by atoms with Crippen molar-refractivity contribution in [1.29, 1.82) is 0 Å². The molecular formula is C14H27N3O. The predicted molar refractivity (Wildman–Crippen MR) is 73.3 cm³/mol. The van der Waals surface area contributed by atoms with E-state index in [4.69, 9.17) is 0 Å². The third-order valence-corrected chi connectivity index (χ3v) is 4.58. The average molecular weight is 253 g/mol. The van der Waals surface area contributed by atoms with Crippen molar-refractivity contribution >= 4 is 5.91 Å². The predicted octanol–water partition coefficient (Wildman–Crippen LogP) is 1.42. The highest BCUT2D eigenvalue weighted by atomic mass is 16.2. The molecule has 2 aliphatic heterocycles. The Kier molecular flexibility index (Phi) is 4.28. The van der Waals surface area contributed by atoms with Gasteiger partial charge in [-0.05, 0) is 46.2 Å². The van der Waals surface area contributed by atoms with E-state index in [9.17, 15) is 4.79 Å². The van der Waals surface area contributed by atoms with Gasteiger partial charge in [-0.2, -0.15) is 0 Å². The third-order valence-electron chi connectivity index (χ3n) is 4.58. The molecule has 2 unspecified atom stereocenters. The zero-order valence-electron chi connectivity index (χ0n) is 12.0. The number of nitrogens with one attached hydrogen (secondary N) is 1. The molecule has 0 radical (unpaired) electrons. The standard InChI is InChI=1S/C14H27N3O/c1-4-14(3)13(18)17(11-15-14)12(2)10-16-8-6-5-7-9-16/h12,15H,4-11H2,1-3H3. The van der Waals surface area contributed by atoms with Crippen LogP contribution in [0.3, 0.4) is 0 Å². The number of rotatable bonds is 4. The Morgan fingerprint density at radius 3 is 2.56 bits per heavy atom. The second-order valence-electron chi connectivity index (χ2n) is 6.01. The highest BCUT2D eigenvalue weighted by Crippen LogP contribution is 2.22. The molecule has 2 aliphatic rings. The minimum atomic E-state index is -0.337. The van der Waals surface area contributed by atoms with Crippen LogP contribution in [0.2, 0.25) is 0 Å². The van der Waals surface area contributed by atoms with Crippen molar-refractivity contribution in [3.05, 3.63) is 0 Å². The van der Waals surface area contributed by atoms with Crippen LogP contribution < -0.4 is 5.32 Å². The number of nitrogens with zero attached hydrogens (tertiary/aromatic N) is 2. The molecular weight excluding hydrogens is 226 g/mol. The van der Waals surface area contributed by atoms with Gasteiger partial charge in [0.2, 0.25) is 5.91 Å². The first-order valence-electron chi connectivity index (χ1n) is 7.35. The van der Waals surface area contributed by atoms with E-state index in [-0.39, 0.29) is 11.4 Å². The Bertz CT molecular complexity index is 301. The van der Waals surface area contributed by atoms with Crippen LogP contribution in [0.15, 0.2) is 0 Å². The normalized spacial score (nSPS) is 31.9. The SMILES string of the molecule is CCC1(C)NCN(C(C)CN2CCCCC2)C1=O. The van der Waals surface area contributed by atoms with E-state index in [2.05, 4.69) is 24.1 Å². The molecule has 0 aliphatic carbocycles. The van der Waals surface area contributed by atoms with Gasteiger partial charge in [-0.25, -0.2) is 0 Å². The van der Waals surface area contributed by atoms with E-state index >= 15 is 0 Å². The summed E-state index contributed by atoms with van der Waals surface area (Å²) in [6.07, 6.45) is 4.85. The van der Waals surface area contributed by atoms with E-state index in [0.29, 0.717) is 12.7 Å². The van der Waals surface area contributed by atoms with E-state index in [1.807, 2.05) is 11.8 Å². The van der Waals surface area contributed by atoms with Crippen LogP contribution in [-0.4, -0.2) is 53.6 Å². The summed E-state index contributed by atoms with van der Waals surface area (Å²) in [6, 6.07) is 0.316. The van der Waals surface area contributed by atoms with Crippen LogP contribution in [0.1, 0.15) is 46.5 Å². The van der Waals surface area contributed by atoms with E-state index in [1.165, 1.54) is 32.4 Å². The maximum atomic E-state index is 12.4. The zero-order chi connectivity index (χ0) is 13.2. The summed E-state index contributed by atoms with van der Waals surface area (Å²) in [5, 5.41) is 3.36. The van der Waals surface area contributed by atoms with Crippen LogP contribution in [0.4, 0.5) is 0 Å². The molecule has 0 aromatic heterocycles. The van der Waals surface area contributed by atoms with Gasteiger partial charge in [0.15, 0.2) is 0 Å². The molecule has 0 spiro atoms. The molecule has 104 valence electrons. The molecule has 1 N–H and O–H groups in total. The number of amides is 1. The molecule has 2 rings (SSSR count). The fourth-order valence-corrected chi connectivity index (χ4v) is 2.97. The molecule has 18 heavy (non-hydrogen) atoms. The summed E-state index contributed by atoms with van der Waals surface area (Å²) in [6.45, 7) is 10.4. The van der Waals surface area contributed by atoms with Gasteiger partial charge < -0.3 is 9.80 Å². The topological polar surface area (TPSA) is 35.6 Å². The van der Waals surface area contributed by atoms with Crippen molar-refractivity contribution in [2.75, 3.05) is 26.3 Å². The second kappa shape index (κ2) is 5.57. The summed E-state index contributed by atoms with van der Waals surface area (Å²) in [5.74, 6) is 0.273. The molecule has 0 saturated carbocycles. The van der Waals surface area contributed by atoms with Crippen molar-refractivity contribution in [3.63, 3.8) is 0 Å². The molecule has 4 nitrogen and oxygen atoms in total. The number of hydrogen-bond acceptors (Lipinski definition) is 3. The van der Waals surface area contributed by atoms with Crippen LogP contribution in [-0.2, 0) is 4.79 Å². The van der Waals surface area contributed by atoms with Crippen LogP contribution in [0.5, 0.6) is 0 Å². The average Bonchev–Trinajstić information content (AvgIpc) is 2.68. The first-order valence-corrected chi connectivity index (χ1v) is 7.35. The zero-order valence-corrected chi connectivity index (χ0v) is 12.0. The number of carbonyl (C=O) groups excluding carboxylic acids is 1. The Morgan fingerprint density at radius 2 is 2.00 bits per heavy atom. The first kappa shape index (κ1) is 13.8. The lowest BCUT2D eigenvalue weighted by molar-refractivity contribution is -0.134. The van der Waals surface area contributed by atoms with Crippen molar-refractivity contribution in [3.8, 4) is 0 Å². The summed E-state index contributed by atoms with van der Waals surface area (Å²) in [4.78, 5) is 16.9. The lowest BCUT2D eigenvalue weighted by atomic mass is 9.99. The number of likely N-dealkylation sites (tertiary alicyclic amines) is 1. The van der Waals surface area contributed by atoms with E-state index in [0.717, 1.165) is 13.0 Å². The van der Waals surface area contributed by atoms with Crippen molar-refractivity contribution in [2.24, 2.45) is 0 Å². The Morgan fingerprint density at radius 1 is 1.33 bits per heavy atom. The van der Waals surface area contributed by atoms with Gasteiger partial charge in [-0.15, -0.1) is 0 Å². The van der Waals surface area contributed by atoms with Crippen molar-refractivity contribution in [1.82, 2.24) is 15.1 Å². The smallest absolute Gasteiger partial charge is 0.243 e. The lowest BCUT2D eigenvalue weighted by Crippen LogP contribution is -2.47. The molecule has 2 saturated heterocycles. The largest absolute Gasteiger partial charge is 0.324 e. The molecule has 2 atom stereocenters. The maximum absolute atomic E-state index is 12.4. The summed E-state index contributed by atoms with van der Waals surface area (Å²) in [7, 11) is 0. The molecule has 0 aromatic carbocycles. The highest BCUT2D eigenvalue weighted by Gasteiger charge is 2.42. The molecule has 1 amide bonds. The minimum absolute atomic E-state index is 0.273. The van der Waals surface area contributed by atoms with E-state index in [1.54, 1.807) is 0 Å². The second-order valence-corrected chi connectivity index (χ2v) is 6.01. The lowest BCUT2D eigenvalue weighted by Gasteiger charge is -2.33. The van der Waals surface area contributed by atoms with Crippen molar-refractivity contribution in [2.45, 2.75) is 58.0 Å². The number of carbonyl (C=O) groups is 1. The minimum Gasteiger partial charge on any atom is -0.324 e. The summed E-state index contributed by atoms with van der Waals surface area (Å²) in [5.41, 5.74) is -0.337. The van der Waals surface area contributed by atoms with Crippen molar-refractivity contribution < 1.29 is 4.79 Å². The Balaban J connectivity index is 1.89. The van der Waals surface area contributed by atoms with Gasteiger partial charge in [0.05, 0.1) is 12.2 Å². The van der Waals surface area contributed by atoms with Crippen LogP contribution in [0.25, 0.3) is 0 Å². The maximum Gasteiger partial charge on any atom is 0.243 e. The third kappa shape index (κ3) is 2.69. The molecule has 0 bridgehead atoms. The fraction of sp³-hybridized carbons (Fsp3) is 0.929. The van der Waals surface area contributed by atoms with Gasteiger partial charge in [0.1, 0.15) is 0 Å². The quantitative estimate of drug-likeness (QED) is 0.823. The molecule has 2 heterocycles. The Hall–Kier alpha value is -0.610. The fourth-order valence-electron chi connectivity index (χ4n) is 2.97. The summed E-state index contributed by atoms with van der Waals surface area (Å²) < 4.78 is 0. The monoisotopic (exact) mass is 253 g/mol. The van der Waals surface area contributed by atoms with Gasteiger partial charge in [-0.3, -0.25) is 10.1 Å². The number of piperidine rings is 1. The van der Waals surface area contributed by atoms with E-state index < -0.39 is 0 Å². The highest BCUT2D eigenvalue weighted by molar-refractivity contribution is 5.88. The Labute approximate surface area is 111 Å². The molecule has 4 heteroatoms. The summed E-state index contributed by atoms with van der Waals surface area (Å²) >= 11 is 0. The van der Waals surface area contributed by atoms with Gasteiger partial charge in [-0.1, -0.05) is 13.3 Å². The van der Waals surface area contributed by atoms with Crippen LogP contribution in [0, 0.1) is 0 Å². The first-order chi connectivity index (χ1) is 8.57. The van der Waals surface area contributed by atoms with Gasteiger partial charge in [0.25, 0.3) is 0 Å². The van der Waals surface area contributed by atoms with Gasteiger partial charge >= 0.3 is 0 Å². The van der Waals surface area contributed by atoms with Gasteiger partial charge in [0, 0.05) is 12.6 Å². The molecule has 2 fully saturated rings. The molecule has 0 aromatic rings. The van der Waals surface area contributed by atoms with Crippen LogP contribution >= 0.6 is 0 Å².